The lowest BCUT2D eigenvalue weighted by Gasteiger charge is -2.30. The van der Waals surface area contributed by atoms with Gasteiger partial charge in [0.05, 0.1) is 17.9 Å². The molecule has 1 aliphatic heterocycles. The van der Waals surface area contributed by atoms with Crippen LogP contribution in [0.3, 0.4) is 0 Å². The fourth-order valence-electron chi connectivity index (χ4n) is 4.17. The standard InChI is InChI=1S/C19H24N6S/c1-13-6-7-17-21-22-19(25(17)23-13)14-8-10-24(11-9-14)12-18-20-15-4-2-3-5-16(15)26-18/h6-7,14H,2-5,8-12H2,1H3. The predicted octanol–water partition coefficient (Wildman–Crippen LogP) is 3.15. The lowest BCUT2D eigenvalue weighted by molar-refractivity contribution is 0.200. The van der Waals surface area contributed by atoms with Gasteiger partial charge in [-0.15, -0.1) is 21.5 Å². The SMILES string of the molecule is Cc1ccc2nnc(C3CCN(Cc4nc5c(s4)CCCC5)CC3)n2n1. The van der Waals surface area contributed by atoms with Crippen LogP contribution in [0, 0.1) is 6.92 Å². The molecule has 2 aliphatic rings. The molecule has 0 N–H and O–H groups in total. The number of fused-ring (bicyclic) bond motifs is 2. The van der Waals surface area contributed by atoms with Gasteiger partial charge in [-0.3, -0.25) is 4.90 Å². The summed E-state index contributed by atoms with van der Waals surface area (Å²) >= 11 is 1.94. The number of hydrogen-bond acceptors (Lipinski definition) is 6. The minimum absolute atomic E-state index is 0.444. The minimum Gasteiger partial charge on any atom is -0.297 e. The van der Waals surface area contributed by atoms with Crippen LogP contribution in [0.5, 0.6) is 0 Å². The number of aryl methyl sites for hydroxylation is 3. The first-order valence-electron chi connectivity index (χ1n) is 9.65. The number of likely N-dealkylation sites (tertiary alicyclic amines) is 1. The second-order valence-electron chi connectivity index (χ2n) is 7.54. The molecule has 26 heavy (non-hydrogen) atoms. The maximum atomic E-state index is 4.90. The Hall–Kier alpha value is -1.86. The molecule has 0 atom stereocenters. The van der Waals surface area contributed by atoms with Crippen LogP contribution in [0.2, 0.25) is 0 Å². The van der Waals surface area contributed by atoms with Crippen molar-refractivity contribution in [2.45, 2.75) is 57.9 Å². The van der Waals surface area contributed by atoms with Crippen LogP contribution in [-0.2, 0) is 19.4 Å². The number of nitrogens with zero attached hydrogens (tertiary/aromatic N) is 6. The topological polar surface area (TPSA) is 59.2 Å². The second kappa shape index (κ2) is 6.70. The predicted molar refractivity (Wildman–Crippen MR) is 102 cm³/mol. The Bertz CT molecular complexity index is 898. The van der Waals surface area contributed by atoms with E-state index in [1.54, 1.807) is 0 Å². The molecule has 5 rings (SSSR count). The van der Waals surface area contributed by atoms with Gasteiger partial charge in [-0.05, 0) is 70.7 Å². The van der Waals surface area contributed by atoms with Crippen molar-refractivity contribution in [2.75, 3.05) is 13.1 Å². The Morgan fingerprint density at radius 3 is 2.81 bits per heavy atom. The molecule has 3 aromatic heterocycles. The van der Waals surface area contributed by atoms with E-state index < -0.39 is 0 Å². The number of aromatic nitrogens is 5. The molecule has 136 valence electrons. The molecule has 4 heterocycles. The average Bonchev–Trinajstić information content (AvgIpc) is 3.25. The summed E-state index contributed by atoms with van der Waals surface area (Å²) in [7, 11) is 0. The van der Waals surface area contributed by atoms with Gasteiger partial charge >= 0.3 is 0 Å². The molecular weight excluding hydrogens is 344 g/mol. The zero-order valence-corrected chi connectivity index (χ0v) is 16.0. The van der Waals surface area contributed by atoms with Crippen molar-refractivity contribution in [1.29, 1.82) is 0 Å². The van der Waals surface area contributed by atoms with Gasteiger partial charge in [-0.25, -0.2) is 4.98 Å². The van der Waals surface area contributed by atoms with Crippen LogP contribution in [-0.4, -0.2) is 42.8 Å². The third-order valence-corrected chi connectivity index (χ3v) is 6.76. The van der Waals surface area contributed by atoms with E-state index >= 15 is 0 Å². The van der Waals surface area contributed by atoms with Crippen LogP contribution < -0.4 is 0 Å². The van der Waals surface area contributed by atoms with E-state index in [-0.39, 0.29) is 0 Å². The van der Waals surface area contributed by atoms with Crippen LogP contribution in [0.4, 0.5) is 0 Å². The summed E-state index contributed by atoms with van der Waals surface area (Å²) in [5.41, 5.74) is 3.23. The van der Waals surface area contributed by atoms with E-state index in [9.17, 15) is 0 Å². The van der Waals surface area contributed by atoms with Crippen molar-refractivity contribution in [3.8, 4) is 0 Å². The van der Waals surface area contributed by atoms with E-state index in [4.69, 9.17) is 4.98 Å². The normalized spacial score (nSPS) is 19.1. The van der Waals surface area contributed by atoms with E-state index in [2.05, 4.69) is 20.2 Å². The van der Waals surface area contributed by atoms with Gasteiger partial charge < -0.3 is 0 Å². The van der Waals surface area contributed by atoms with Crippen LogP contribution in [0.1, 0.15) is 58.7 Å². The Morgan fingerprint density at radius 1 is 1.12 bits per heavy atom. The largest absolute Gasteiger partial charge is 0.297 e. The number of rotatable bonds is 3. The number of hydrogen-bond donors (Lipinski definition) is 0. The third-order valence-electron chi connectivity index (χ3n) is 5.62. The molecule has 0 saturated carbocycles. The quantitative estimate of drug-likeness (QED) is 0.711. The van der Waals surface area contributed by atoms with Gasteiger partial charge in [-0.2, -0.15) is 9.61 Å². The van der Waals surface area contributed by atoms with Gasteiger partial charge in [0.1, 0.15) is 5.01 Å². The molecule has 0 radical (unpaired) electrons. The first-order chi connectivity index (χ1) is 12.8. The lowest BCUT2D eigenvalue weighted by atomic mass is 9.96. The highest BCUT2D eigenvalue weighted by Crippen LogP contribution is 2.30. The maximum absolute atomic E-state index is 4.90. The summed E-state index contributed by atoms with van der Waals surface area (Å²) in [6.45, 7) is 5.20. The van der Waals surface area contributed by atoms with Crippen molar-refractivity contribution in [1.82, 2.24) is 29.7 Å². The summed E-state index contributed by atoms with van der Waals surface area (Å²) in [6, 6.07) is 3.99. The Labute approximate surface area is 157 Å². The highest BCUT2D eigenvalue weighted by Gasteiger charge is 2.26. The first-order valence-corrected chi connectivity index (χ1v) is 10.5. The average molecular weight is 369 g/mol. The zero-order chi connectivity index (χ0) is 17.5. The summed E-state index contributed by atoms with van der Waals surface area (Å²) in [5, 5.41) is 14.6. The molecular formula is C19H24N6S. The van der Waals surface area contributed by atoms with E-state index in [1.807, 2.05) is 34.9 Å². The van der Waals surface area contributed by atoms with E-state index in [0.717, 1.165) is 49.6 Å². The van der Waals surface area contributed by atoms with Gasteiger partial charge in [0, 0.05) is 10.8 Å². The fraction of sp³-hybridized carbons (Fsp3) is 0.579. The zero-order valence-electron chi connectivity index (χ0n) is 15.2. The summed E-state index contributed by atoms with van der Waals surface area (Å²) in [5.74, 6) is 1.47. The number of thiazole rings is 1. The highest BCUT2D eigenvalue weighted by atomic mass is 32.1. The highest BCUT2D eigenvalue weighted by molar-refractivity contribution is 7.11. The van der Waals surface area contributed by atoms with E-state index in [1.165, 1.54) is 41.3 Å². The van der Waals surface area contributed by atoms with Gasteiger partial charge in [0.15, 0.2) is 11.5 Å². The molecule has 0 amide bonds. The van der Waals surface area contributed by atoms with Crippen molar-refractivity contribution in [3.05, 3.63) is 39.2 Å². The number of piperidine rings is 1. The van der Waals surface area contributed by atoms with Crippen molar-refractivity contribution < 1.29 is 0 Å². The smallest absolute Gasteiger partial charge is 0.177 e. The molecule has 1 aliphatic carbocycles. The molecule has 0 spiro atoms. The molecule has 1 fully saturated rings. The summed E-state index contributed by atoms with van der Waals surface area (Å²) in [4.78, 5) is 8.99. The lowest BCUT2D eigenvalue weighted by Crippen LogP contribution is -2.33. The van der Waals surface area contributed by atoms with Crippen LogP contribution in [0.15, 0.2) is 12.1 Å². The van der Waals surface area contributed by atoms with Gasteiger partial charge in [0.25, 0.3) is 0 Å². The van der Waals surface area contributed by atoms with Crippen molar-refractivity contribution in [2.24, 2.45) is 0 Å². The first kappa shape index (κ1) is 16.3. The van der Waals surface area contributed by atoms with Gasteiger partial charge in [0.2, 0.25) is 0 Å². The Morgan fingerprint density at radius 2 is 1.96 bits per heavy atom. The minimum atomic E-state index is 0.444. The Kier molecular flexibility index (Phi) is 4.21. The van der Waals surface area contributed by atoms with Crippen molar-refractivity contribution >= 4 is 17.0 Å². The molecule has 7 heteroatoms. The fourth-order valence-corrected chi connectivity index (χ4v) is 5.36. The second-order valence-corrected chi connectivity index (χ2v) is 8.71. The monoisotopic (exact) mass is 368 g/mol. The van der Waals surface area contributed by atoms with Gasteiger partial charge in [-0.1, -0.05) is 0 Å². The molecule has 0 unspecified atom stereocenters. The van der Waals surface area contributed by atoms with Crippen LogP contribution >= 0.6 is 11.3 Å². The summed E-state index contributed by atoms with van der Waals surface area (Å²) < 4.78 is 1.94. The summed E-state index contributed by atoms with van der Waals surface area (Å²) in [6.07, 6.45) is 7.28. The molecule has 6 nitrogen and oxygen atoms in total. The van der Waals surface area contributed by atoms with E-state index in [0.29, 0.717) is 5.92 Å². The molecule has 1 saturated heterocycles. The third kappa shape index (κ3) is 3.03. The van der Waals surface area contributed by atoms with Crippen molar-refractivity contribution in [3.63, 3.8) is 0 Å². The molecule has 3 aromatic rings. The molecule has 0 bridgehead atoms. The van der Waals surface area contributed by atoms with Crippen LogP contribution in [0.25, 0.3) is 5.65 Å². The Balaban J connectivity index is 1.25. The maximum Gasteiger partial charge on any atom is 0.177 e. The molecule has 0 aromatic carbocycles.